The van der Waals surface area contributed by atoms with Crippen molar-refractivity contribution >= 4 is 93.4 Å². The van der Waals surface area contributed by atoms with E-state index in [2.05, 4.69) is 75.5 Å². The third-order valence-electron chi connectivity index (χ3n) is 13.3. The lowest BCUT2D eigenvalue weighted by atomic mass is 9.85. The van der Waals surface area contributed by atoms with E-state index in [1.54, 1.807) is 52.2 Å². The molecule has 0 unspecified atom stereocenters. The first-order chi connectivity index (χ1) is 36.1. The van der Waals surface area contributed by atoms with Gasteiger partial charge in [-0.05, 0) is 100 Å². The van der Waals surface area contributed by atoms with Crippen LogP contribution in [0.5, 0.6) is 23.3 Å². The van der Waals surface area contributed by atoms with Crippen LogP contribution >= 0.6 is 24.8 Å². The van der Waals surface area contributed by atoms with E-state index < -0.39 is 58.9 Å². The fraction of sp³-hybridized carbons (Fsp3) is 0.519. The minimum Gasteiger partial charge on any atom is -0.494 e. The van der Waals surface area contributed by atoms with Gasteiger partial charge in [-0.15, -0.1) is 24.8 Å². The molecule has 2 saturated heterocycles. The number of halogens is 2. The molecule has 0 radical (unpaired) electrons. The van der Waals surface area contributed by atoms with Crippen LogP contribution < -0.4 is 50.8 Å². The molecule has 2 aromatic heterocycles. The van der Waals surface area contributed by atoms with E-state index in [0.717, 1.165) is 0 Å². The lowest BCUT2D eigenvalue weighted by molar-refractivity contribution is -0.143. The smallest absolute Gasteiger partial charge is 0.247 e. The van der Waals surface area contributed by atoms with Crippen LogP contribution in [0.25, 0.3) is 21.8 Å². The van der Waals surface area contributed by atoms with E-state index in [0.29, 0.717) is 83.5 Å². The Morgan fingerprint density at radius 1 is 0.615 bits per heavy atom. The number of amides is 6. The van der Waals surface area contributed by atoms with Crippen molar-refractivity contribution in [2.45, 2.75) is 117 Å². The molecule has 6 amide bonds. The largest absolute Gasteiger partial charge is 0.494 e. The van der Waals surface area contributed by atoms with Gasteiger partial charge in [-0.2, -0.15) is 0 Å². The zero-order valence-electron chi connectivity index (χ0n) is 46.2. The van der Waals surface area contributed by atoms with E-state index in [4.69, 9.17) is 18.9 Å². The highest BCUT2D eigenvalue weighted by Gasteiger charge is 2.44. The zero-order valence-corrected chi connectivity index (χ0v) is 47.8. The molecule has 4 aromatic rings. The number of nitrogens with one attached hydrogen (secondary N) is 6. The van der Waals surface area contributed by atoms with Gasteiger partial charge in [0.1, 0.15) is 48.3 Å². The number of benzene rings is 2. The third-order valence-corrected chi connectivity index (χ3v) is 13.3. The van der Waals surface area contributed by atoms with E-state index in [-0.39, 0.29) is 73.4 Å². The molecule has 422 valence electrons. The maximum absolute atomic E-state index is 14.0. The van der Waals surface area contributed by atoms with Gasteiger partial charge in [0.2, 0.25) is 47.2 Å². The summed E-state index contributed by atoms with van der Waals surface area (Å²) < 4.78 is 23.1. The molecule has 24 heteroatoms. The summed E-state index contributed by atoms with van der Waals surface area (Å²) in [5, 5.41) is 18.4. The Morgan fingerprint density at radius 3 is 1.32 bits per heavy atom. The Labute approximate surface area is 467 Å². The molecule has 78 heavy (non-hydrogen) atoms. The minimum atomic E-state index is -0.867. The van der Waals surface area contributed by atoms with Gasteiger partial charge in [-0.25, -0.2) is 19.9 Å². The molecule has 22 nitrogen and oxygen atoms in total. The van der Waals surface area contributed by atoms with Gasteiger partial charge in [0.05, 0.1) is 59.5 Å². The van der Waals surface area contributed by atoms with E-state index >= 15 is 0 Å². The number of anilines is 2. The molecule has 2 fully saturated rings. The molecule has 2 aliphatic rings. The predicted molar refractivity (Wildman–Crippen MR) is 300 cm³/mol. The lowest BCUT2D eigenvalue weighted by Crippen LogP contribution is -2.59. The summed E-state index contributed by atoms with van der Waals surface area (Å²) in [4.78, 5) is 102. The molecule has 0 spiro atoms. The molecular formula is C54H72Cl2N12O10. The van der Waals surface area contributed by atoms with Crippen LogP contribution in [0, 0.1) is 34.5 Å². The summed E-state index contributed by atoms with van der Waals surface area (Å²) in [6.45, 7) is 15.1. The highest BCUT2D eigenvalue weighted by molar-refractivity contribution is 6.03. The van der Waals surface area contributed by atoms with Crippen molar-refractivity contribution in [3.8, 4) is 46.9 Å². The SMILES string of the molecule is CN[C@@H](C)C(=O)N[C@H](C(=O)N1CCC[C@H]1C(=O)Nc1cc2c(OCC#CC#CCOc3ncnc4cc(OC)c(NC(=O)[C@@H]5CCCN5C(=O)[C@@H](NC(=O)[C@H](C)NC)C(C)(C)C)cc34)ncnc2cc1OC)C(C)(C)C.Cl.Cl. The van der Waals surface area contributed by atoms with Crippen molar-refractivity contribution in [3.63, 3.8) is 0 Å². The Hall–Kier alpha value is -7.24. The average Bonchev–Trinajstić information content (AvgIpc) is 4.13. The number of rotatable bonds is 18. The van der Waals surface area contributed by atoms with Crippen molar-refractivity contribution in [1.29, 1.82) is 0 Å². The van der Waals surface area contributed by atoms with Crippen LogP contribution in [-0.2, 0) is 28.8 Å². The second-order valence-electron chi connectivity index (χ2n) is 20.7. The van der Waals surface area contributed by atoms with Gasteiger partial charge >= 0.3 is 0 Å². The van der Waals surface area contributed by atoms with Crippen molar-refractivity contribution in [2.75, 3.05) is 65.3 Å². The number of carbonyl (C=O) groups excluding carboxylic acids is 6. The number of hydrogen-bond donors (Lipinski definition) is 6. The normalized spacial score (nSPS) is 16.5. The Bertz CT molecular complexity index is 2770. The summed E-state index contributed by atoms with van der Waals surface area (Å²) in [5.41, 5.74) is 0.320. The number of likely N-dealkylation sites (N-methyl/N-ethyl adjacent to an activating group) is 2. The maximum Gasteiger partial charge on any atom is 0.247 e. The Balaban J connectivity index is 0.00000656. The number of fused-ring (bicyclic) bond motifs is 2. The Morgan fingerprint density at radius 2 is 0.987 bits per heavy atom. The zero-order chi connectivity index (χ0) is 55.5. The highest BCUT2D eigenvalue weighted by atomic mass is 35.5. The summed E-state index contributed by atoms with van der Waals surface area (Å²) in [7, 11) is 6.26. The Kier molecular flexibility index (Phi) is 22.6. The number of likely N-dealkylation sites (tertiary alicyclic amines) is 2. The summed E-state index contributed by atoms with van der Waals surface area (Å²) in [5.74, 6) is 10.0. The highest BCUT2D eigenvalue weighted by Crippen LogP contribution is 2.36. The second-order valence-corrected chi connectivity index (χ2v) is 20.7. The molecule has 6 atom stereocenters. The summed E-state index contributed by atoms with van der Waals surface area (Å²) >= 11 is 0. The van der Waals surface area contributed by atoms with Gasteiger partial charge in [0.15, 0.2) is 13.2 Å². The number of aromatic nitrogens is 4. The maximum atomic E-state index is 14.0. The van der Waals surface area contributed by atoms with Crippen molar-refractivity contribution in [3.05, 3.63) is 36.9 Å². The van der Waals surface area contributed by atoms with Crippen LogP contribution in [0.3, 0.4) is 0 Å². The molecule has 2 aromatic carbocycles. The number of methoxy groups -OCH3 is 2. The number of hydrogen-bond acceptors (Lipinski definition) is 16. The van der Waals surface area contributed by atoms with Crippen LogP contribution in [0.1, 0.15) is 81.1 Å². The molecule has 0 saturated carbocycles. The minimum absolute atomic E-state index is 0. The summed E-state index contributed by atoms with van der Waals surface area (Å²) in [6.07, 6.45) is 4.73. The van der Waals surface area contributed by atoms with Gasteiger partial charge in [-0.1, -0.05) is 41.5 Å². The van der Waals surface area contributed by atoms with Crippen molar-refractivity contribution in [2.24, 2.45) is 10.8 Å². The topological polar surface area (TPSA) is 270 Å². The molecule has 4 heterocycles. The van der Waals surface area contributed by atoms with Gasteiger partial charge in [0.25, 0.3) is 0 Å². The van der Waals surface area contributed by atoms with E-state index in [9.17, 15) is 28.8 Å². The van der Waals surface area contributed by atoms with Crippen LogP contribution in [-0.4, -0.2) is 156 Å². The third kappa shape index (κ3) is 15.3. The molecule has 0 aliphatic carbocycles. The predicted octanol–water partition coefficient (Wildman–Crippen LogP) is 4.04. The second kappa shape index (κ2) is 27.9. The molecular weight excluding hydrogens is 1050 g/mol. The number of carbonyl (C=O) groups is 6. The van der Waals surface area contributed by atoms with Crippen LogP contribution in [0.2, 0.25) is 0 Å². The standard InChI is InChI=1S/C54H70N12O10.2ClH/c1-31(55-9)45(67)63-43(53(3,4)5)51(71)65-21-17-19-39(65)47(69)61-37-25-33-35(27-41(37)73-11)57-29-59-49(33)75-23-15-13-14-16-24-76-50-34-26-38(42(74-12)28-36(34)58-30-60-50)62-48(70)40-20-18-22-66(40)52(72)44(54(6,7)8)64-46(68)32(2)56-10;;/h25-32,39-40,43-44,55-56H,17-24H2,1-12H3,(H,61,69)(H,62,70)(H,63,67)(H,64,68);2*1H/t31-,32-,39-,40-,43+,44+;;/m0../s1. The number of nitrogens with zero attached hydrogens (tertiary/aromatic N) is 6. The molecule has 6 N–H and O–H groups in total. The summed E-state index contributed by atoms with van der Waals surface area (Å²) in [6, 6.07) is 2.20. The quantitative estimate of drug-likeness (QED) is 0.0768. The van der Waals surface area contributed by atoms with Crippen LogP contribution in [0.4, 0.5) is 11.4 Å². The van der Waals surface area contributed by atoms with Crippen molar-refractivity contribution in [1.82, 2.24) is 51.0 Å². The van der Waals surface area contributed by atoms with Gasteiger partial charge < -0.3 is 60.6 Å². The van der Waals surface area contributed by atoms with Gasteiger partial charge in [-0.3, -0.25) is 28.8 Å². The first kappa shape index (κ1) is 63.3. The van der Waals surface area contributed by atoms with Crippen LogP contribution in [0.15, 0.2) is 36.9 Å². The molecule has 0 bridgehead atoms. The monoisotopic (exact) mass is 1120 g/mol. The fourth-order valence-corrected chi connectivity index (χ4v) is 8.72. The first-order valence-electron chi connectivity index (χ1n) is 25.2. The van der Waals surface area contributed by atoms with E-state index in [1.165, 1.54) is 36.7 Å². The lowest BCUT2D eigenvalue weighted by Gasteiger charge is -2.36. The number of ether oxygens (including phenoxy) is 4. The van der Waals surface area contributed by atoms with E-state index in [1.807, 2.05) is 41.5 Å². The average molecular weight is 1120 g/mol. The van der Waals surface area contributed by atoms with Gasteiger partial charge in [0, 0.05) is 25.2 Å². The van der Waals surface area contributed by atoms with Crippen molar-refractivity contribution < 1.29 is 47.7 Å². The molecule has 2 aliphatic heterocycles. The molecule has 6 rings (SSSR count). The first-order valence-corrected chi connectivity index (χ1v) is 25.2. The fourth-order valence-electron chi connectivity index (χ4n) is 8.72.